The molecule has 0 atom stereocenters. The minimum Gasteiger partial charge on any atom is -0.295 e. The smallest absolute Gasteiger partial charge is 0.295 e. The topological polar surface area (TPSA) is 17.1 Å². The summed E-state index contributed by atoms with van der Waals surface area (Å²) in [7, 11) is 0. The van der Waals surface area contributed by atoms with Crippen LogP contribution in [0, 0.1) is 0 Å². The van der Waals surface area contributed by atoms with Gasteiger partial charge in [-0.25, -0.2) is 0 Å². The summed E-state index contributed by atoms with van der Waals surface area (Å²) in [6.07, 6.45) is 0. The van der Waals surface area contributed by atoms with E-state index in [1.807, 2.05) is 13.8 Å². The molecule has 1 nitrogen and oxygen atoms in total. The largest absolute Gasteiger partial charge is 0.299 e. The van der Waals surface area contributed by atoms with Crippen LogP contribution in [0.2, 0.25) is 0 Å². The van der Waals surface area contributed by atoms with E-state index in [0.717, 1.165) is 0 Å². The number of benzene rings is 2. The third kappa shape index (κ3) is 2.53. The van der Waals surface area contributed by atoms with Gasteiger partial charge in [0.15, 0.2) is 5.78 Å². The molecular weight excluding hydrogens is 338 g/mol. The molecule has 0 N–H and O–H groups in total. The number of fused-ring (bicyclic) bond motifs is 3. The van der Waals surface area contributed by atoms with Gasteiger partial charge < -0.3 is 0 Å². The van der Waals surface area contributed by atoms with Gasteiger partial charge in [-0.3, -0.25) is 4.79 Å². The lowest BCUT2D eigenvalue weighted by Gasteiger charge is -2.12. The molecule has 0 unspecified atom stereocenters. The van der Waals surface area contributed by atoms with Crippen LogP contribution in [0.4, 0.5) is 8.78 Å². The van der Waals surface area contributed by atoms with Crippen molar-refractivity contribution in [3.8, 4) is 11.1 Å². The molecule has 110 valence electrons. The van der Waals surface area contributed by atoms with Crippen LogP contribution in [0.25, 0.3) is 11.1 Å². The van der Waals surface area contributed by atoms with Gasteiger partial charge in [0.2, 0.25) is 0 Å². The van der Waals surface area contributed by atoms with Crippen molar-refractivity contribution in [2.24, 2.45) is 0 Å². The fourth-order valence-corrected chi connectivity index (χ4v) is 2.78. The molecule has 1 aliphatic carbocycles. The second-order valence-corrected chi connectivity index (χ2v) is 5.50. The standard InChI is InChI=1S/C15H9BrF2O.C2H6/c1-8(19)9-2-4-11-12-5-3-10(16)7-14(12)15(17,18)13(11)6-9;1-2/h2-7H,1H3;1-2H3. The molecule has 3 rings (SSSR count). The van der Waals surface area contributed by atoms with Crippen LogP contribution < -0.4 is 0 Å². The molecule has 0 aliphatic heterocycles. The number of alkyl halides is 2. The highest BCUT2D eigenvalue weighted by molar-refractivity contribution is 9.10. The van der Waals surface area contributed by atoms with Crippen LogP contribution in [0.1, 0.15) is 42.3 Å². The van der Waals surface area contributed by atoms with Crippen LogP contribution in [0.15, 0.2) is 40.9 Å². The van der Waals surface area contributed by atoms with Crippen molar-refractivity contribution >= 4 is 21.7 Å². The molecule has 2 aromatic rings. The summed E-state index contributed by atoms with van der Waals surface area (Å²) in [6.45, 7) is 5.37. The average Bonchev–Trinajstić information content (AvgIpc) is 2.69. The van der Waals surface area contributed by atoms with Crippen molar-refractivity contribution in [2.45, 2.75) is 26.7 Å². The number of carbonyl (C=O) groups is 1. The monoisotopic (exact) mass is 352 g/mol. The fourth-order valence-electron chi connectivity index (χ4n) is 2.41. The quantitative estimate of drug-likeness (QED) is 0.593. The average molecular weight is 353 g/mol. The van der Waals surface area contributed by atoms with E-state index in [4.69, 9.17) is 0 Å². The molecule has 0 fully saturated rings. The summed E-state index contributed by atoms with van der Waals surface area (Å²) in [6, 6.07) is 9.33. The first-order valence-corrected chi connectivity index (χ1v) is 7.54. The normalized spacial score (nSPS) is 13.8. The summed E-state index contributed by atoms with van der Waals surface area (Å²) in [5.74, 6) is -3.27. The van der Waals surface area contributed by atoms with Gasteiger partial charge in [0, 0.05) is 21.2 Å². The first-order chi connectivity index (χ1) is 9.91. The maximum atomic E-state index is 14.4. The Bertz CT molecular complexity index is 708. The van der Waals surface area contributed by atoms with Gasteiger partial charge in [-0.15, -0.1) is 0 Å². The minimum atomic E-state index is -3.06. The van der Waals surface area contributed by atoms with Crippen molar-refractivity contribution in [3.63, 3.8) is 0 Å². The number of rotatable bonds is 1. The van der Waals surface area contributed by atoms with E-state index in [0.29, 0.717) is 21.2 Å². The summed E-state index contributed by atoms with van der Waals surface area (Å²) < 4.78 is 29.5. The van der Waals surface area contributed by atoms with Crippen LogP contribution in [-0.4, -0.2) is 5.78 Å². The number of ketones is 1. The molecule has 4 heteroatoms. The van der Waals surface area contributed by atoms with Gasteiger partial charge >= 0.3 is 0 Å². The van der Waals surface area contributed by atoms with Gasteiger partial charge in [0.1, 0.15) is 0 Å². The molecule has 21 heavy (non-hydrogen) atoms. The number of Topliss-reactive ketones (excluding diaryl/α,β-unsaturated/α-hetero) is 1. The summed E-state index contributed by atoms with van der Waals surface area (Å²) in [5.41, 5.74) is 1.23. The van der Waals surface area contributed by atoms with Crippen molar-refractivity contribution < 1.29 is 13.6 Å². The molecule has 0 saturated carbocycles. The highest BCUT2D eigenvalue weighted by Gasteiger charge is 2.44. The number of hydrogen-bond donors (Lipinski definition) is 0. The molecule has 0 heterocycles. The lowest BCUT2D eigenvalue weighted by atomic mass is 10.0. The Labute approximate surface area is 131 Å². The Kier molecular flexibility index (Phi) is 4.28. The highest BCUT2D eigenvalue weighted by atomic mass is 79.9. The summed E-state index contributed by atoms with van der Waals surface area (Å²) >= 11 is 3.21. The third-order valence-corrected chi connectivity index (χ3v) is 3.87. The van der Waals surface area contributed by atoms with E-state index < -0.39 is 5.92 Å². The zero-order valence-electron chi connectivity index (χ0n) is 12.0. The molecule has 0 aromatic heterocycles. The highest BCUT2D eigenvalue weighted by Crippen LogP contribution is 2.51. The molecule has 0 amide bonds. The Morgan fingerprint density at radius 3 is 2.10 bits per heavy atom. The van der Waals surface area contributed by atoms with Gasteiger partial charge in [0.25, 0.3) is 5.92 Å². The van der Waals surface area contributed by atoms with E-state index in [1.165, 1.54) is 19.1 Å². The van der Waals surface area contributed by atoms with Gasteiger partial charge in [-0.1, -0.05) is 48.0 Å². The van der Waals surface area contributed by atoms with Gasteiger partial charge in [0.05, 0.1) is 0 Å². The molecule has 0 saturated heterocycles. The second kappa shape index (κ2) is 5.68. The molecular formula is C17H15BrF2O. The first-order valence-electron chi connectivity index (χ1n) is 6.75. The predicted molar refractivity (Wildman–Crippen MR) is 83.9 cm³/mol. The van der Waals surface area contributed by atoms with Crippen LogP contribution in [-0.2, 0) is 5.92 Å². The van der Waals surface area contributed by atoms with Crippen molar-refractivity contribution in [1.29, 1.82) is 0 Å². The van der Waals surface area contributed by atoms with Crippen molar-refractivity contribution in [3.05, 3.63) is 57.6 Å². The summed E-state index contributed by atoms with van der Waals surface area (Å²) in [4.78, 5) is 11.3. The minimum absolute atomic E-state index is 0.0161. The van der Waals surface area contributed by atoms with Gasteiger partial charge in [-0.2, -0.15) is 8.78 Å². The lowest BCUT2D eigenvalue weighted by molar-refractivity contribution is 0.0479. The number of carbonyl (C=O) groups excluding carboxylic acids is 1. The molecule has 0 bridgehead atoms. The molecule has 1 aliphatic rings. The zero-order chi connectivity index (χ0) is 15.8. The third-order valence-electron chi connectivity index (χ3n) is 3.37. The van der Waals surface area contributed by atoms with Crippen LogP contribution in [0.3, 0.4) is 0 Å². The van der Waals surface area contributed by atoms with Crippen molar-refractivity contribution in [2.75, 3.05) is 0 Å². The SMILES string of the molecule is CC.CC(=O)c1ccc2c(c1)C(F)(F)c1cc(Br)ccc1-2. The Morgan fingerprint density at radius 1 is 1.00 bits per heavy atom. The maximum absolute atomic E-state index is 14.4. The van der Waals surface area contributed by atoms with E-state index >= 15 is 0 Å². The Balaban J connectivity index is 0.000000774. The second-order valence-electron chi connectivity index (χ2n) is 4.58. The Morgan fingerprint density at radius 2 is 1.52 bits per heavy atom. The lowest BCUT2D eigenvalue weighted by Crippen LogP contribution is -2.11. The summed E-state index contributed by atoms with van der Waals surface area (Å²) in [5, 5.41) is 0. The first kappa shape index (κ1) is 15.8. The Hall–Kier alpha value is -1.55. The number of hydrogen-bond acceptors (Lipinski definition) is 1. The van der Waals surface area contributed by atoms with Crippen LogP contribution in [0.5, 0.6) is 0 Å². The van der Waals surface area contributed by atoms with Crippen LogP contribution >= 0.6 is 15.9 Å². The molecule has 2 aromatic carbocycles. The van der Waals surface area contributed by atoms with Gasteiger partial charge in [-0.05, 0) is 36.2 Å². The molecule has 0 radical (unpaired) electrons. The van der Waals surface area contributed by atoms with E-state index in [9.17, 15) is 13.6 Å². The maximum Gasteiger partial charge on any atom is 0.299 e. The van der Waals surface area contributed by atoms with Crippen molar-refractivity contribution in [1.82, 2.24) is 0 Å². The number of halogens is 3. The molecule has 0 spiro atoms. The van der Waals surface area contributed by atoms with E-state index in [-0.39, 0.29) is 16.9 Å². The predicted octanol–water partition coefficient (Wildman–Crippen LogP) is 5.80. The van der Waals surface area contributed by atoms with E-state index in [1.54, 1.807) is 24.3 Å². The zero-order valence-corrected chi connectivity index (χ0v) is 13.6. The fraction of sp³-hybridized carbons (Fsp3) is 0.235. The van der Waals surface area contributed by atoms with E-state index in [2.05, 4.69) is 15.9 Å².